The predicted molar refractivity (Wildman–Crippen MR) is 265 cm³/mol. The molecule has 8 rings (SSSR count). The molecule has 0 saturated heterocycles. The molecule has 1 aliphatic heterocycles. The fourth-order valence-electron chi connectivity index (χ4n) is 9.44. The van der Waals surface area contributed by atoms with Gasteiger partial charge in [-0.3, -0.25) is 0 Å². The average Bonchev–Trinajstić information content (AvgIpc) is 3.51. The Morgan fingerprint density at radius 2 is 0.774 bits per heavy atom. The van der Waals surface area contributed by atoms with E-state index in [1.807, 2.05) is 0 Å². The molecule has 0 amide bonds. The van der Waals surface area contributed by atoms with Crippen LogP contribution in [0.5, 0.6) is 0 Å². The highest BCUT2D eigenvalue weighted by Gasteiger charge is 2.30. The molecule has 1 aliphatic carbocycles. The van der Waals surface area contributed by atoms with Gasteiger partial charge in [0.25, 0.3) is 0 Å². The van der Waals surface area contributed by atoms with Crippen molar-refractivity contribution in [2.75, 3.05) is 0 Å². The monoisotopic (exact) mass is 819 g/mol. The van der Waals surface area contributed by atoms with E-state index in [-0.39, 0.29) is 10.8 Å². The van der Waals surface area contributed by atoms with E-state index in [1.165, 1.54) is 55.3 Å². The number of azo groups is 1. The van der Waals surface area contributed by atoms with Crippen molar-refractivity contribution in [3.8, 4) is 0 Å². The van der Waals surface area contributed by atoms with Crippen LogP contribution in [0.1, 0.15) is 162 Å². The fraction of sp³-hybridized carbons (Fsp3) is 0.379. The largest absolute Gasteiger partial charge is 0.246 e. The van der Waals surface area contributed by atoms with Crippen molar-refractivity contribution in [3.05, 3.63) is 165 Å². The van der Waals surface area contributed by atoms with Crippen molar-refractivity contribution in [2.24, 2.45) is 20.2 Å². The smallest absolute Gasteiger partial charge is 0.0978 e. The lowest BCUT2D eigenvalue weighted by Gasteiger charge is -2.23. The van der Waals surface area contributed by atoms with E-state index in [4.69, 9.17) is 20.2 Å². The first-order chi connectivity index (χ1) is 29.6. The number of aliphatic imine (C=N–C) groups is 2. The van der Waals surface area contributed by atoms with Crippen LogP contribution in [-0.2, 0) is 36.5 Å². The molecule has 4 heteroatoms. The second kappa shape index (κ2) is 17.7. The van der Waals surface area contributed by atoms with Gasteiger partial charge in [0.05, 0.1) is 34.2 Å². The van der Waals surface area contributed by atoms with E-state index in [9.17, 15) is 0 Å². The number of hydrogen-bond acceptors (Lipinski definition) is 4. The van der Waals surface area contributed by atoms with Gasteiger partial charge in [-0.05, 0) is 148 Å². The summed E-state index contributed by atoms with van der Waals surface area (Å²) in [6, 6.07) is 41.0. The molecule has 0 unspecified atom stereocenters. The minimum atomic E-state index is -0.0868. The van der Waals surface area contributed by atoms with Crippen LogP contribution in [-0.4, -0.2) is 11.4 Å². The van der Waals surface area contributed by atoms with Gasteiger partial charge in [-0.25, -0.2) is 9.98 Å². The minimum absolute atomic E-state index is 0.0868. The number of rotatable bonds is 2. The summed E-state index contributed by atoms with van der Waals surface area (Å²) in [5.41, 5.74) is 18.4. The zero-order chi connectivity index (χ0) is 43.8. The van der Waals surface area contributed by atoms with Crippen molar-refractivity contribution >= 4 is 44.9 Å². The topological polar surface area (TPSA) is 49.4 Å². The van der Waals surface area contributed by atoms with Crippen molar-refractivity contribution < 1.29 is 0 Å². The molecular formula is C58H66N4. The molecule has 0 spiro atoms. The number of fused-ring (bicyclic) bond motifs is 11. The molecule has 62 heavy (non-hydrogen) atoms. The van der Waals surface area contributed by atoms with Crippen molar-refractivity contribution in [3.63, 3.8) is 0 Å². The van der Waals surface area contributed by atoms with Crippen LogP contribution in [0.2, 0.25) is 0 Å². The molecule has 6 aromatic rings. The van der Waals surface area contributed by atoms with Gasteiger partial charge >= 0.3 is 0 Å². The molecule has 0 atom stereocenters. The molecule has 0 radical (unpaired) electrons. The first-order valence-electron chi connectivity index (χ1n) is 23.3. The Bertz CT molecular complexity index is 2530. The number of aryl methyl sites for hydroxylation is 4. The summed E-state index contributed by atoms with van der Waals surface area (Å²) >= 11 is 0. The quantitative estimate of drug-likeness (QED) is 0.167. The van der Waals surface area contributed by atoms with Gasteiger partial charge < -0.3 is 0 Å². The summed E-state index contributed by atoms with van der Waals surface area (Å²) in [6.07, 6.45) is 8.34. The van der Waals surface area contributed by atoms with Crippen molar-refractivity contribution in [2.45, 2.75) is 143 Å². The standard InChI is InChI=1S/C58H66N4/c1-37(2)44-29-25-39-17-11-13-19-41-27-31-48(57(5,6)7)52(35-41)59-55-46-23-15-21-43-22-16-24-47(54(43)46)56(55)60-53-36-42(28-32-49(53)58(8,9)10)20-14-12-18-40-26-30-45(38(3)4)51(34-40)62-61-50(44)33-39/h15-16,21-38H,11-14,17-20H2,1-10H3. The highest BCUT2D eigenvalue weighted by molar-refractivity contribution is 6.61. The Kier molecular flexibility index (Phi) is 12.3. The Morgan fingerprint density at radius 1 is 0.419 bits per heavy atom. The summed E-state index contributed by atoms with van der Waals surface area (Å²) < 4.78 is 0. The maximum absolute atomic E-state index is 5.71. The second-order valence-corrected chi connectivity index (χ2v) is 20.5. The Morgan fingerprint density at radius 3 is 1.13 bits per heavy atom. The van der Waals surface area contributed by atoms with E-state index in [0.29, 0.717) is 11.8 Å². The van der Waals surface area contributed by atoms with Crippen LogP contribution in [0.4, 0.5) is 22.7 Å². The summed E-state index contributed by atoms with van der Waals surface area (Å²) in [4.78, 5) is 11.4. The van der Waals surface area contributed by atoms with Crippen LogP contribution in [0, 0.1) is 0 Å². The lowest BCUT2D eigenvalue weighted by Crippen LogP contribution is -2.15. The lowest BCUT2D eigenvalue weighted by atomic mass is 9.84. The molecule has 4 nitrogen and oxygen atoms in total. The molecule has 0 N–H and O–H groups in total. The van der Waals surface area contributed by atoms with Gasteiger partial charge in [0.1, 0.15) is 0 Å². The maximum Gasteiger partial charge on any atom is 0.0978 e. The molecule has 6 aromatic carbocycles. The van der Waals surface area contributed by atoms with Crippen LogP contribution >= 0.6 is 0 Å². The van der Waals surface area contributed by atoms with Crippen LogP contribution < -0.4 is 0 Å². The lowest BCUT2D eigenvalue weighted by molar-refractivity contribution is 0.590. The summed E-state index contributed by atoms with van der Waals surface area (Å²) in [5, 5.41) is 12.5. The first kappa shape index (κ1) is 43.2. The van der Waals surface area contributed by atoms with Gasteiger partial charge in [-0.15, -0.1) is 0 Å². The average molecular weight is 819 g/mol. The summed E-state index contributed by atoms with van der Waals surface area (Å²) in [6.45, 7) is 22.8. The van der Waals surface area contributed by atoms with Gasteiger partial charge in [0.2, 0.25) is 0 Å². The van der Waals surface area contributed by atoms with Crippen molar-refractivity contribution in [1.29, 1.82) is 0 Å². The Hall–Kier alpha value is -5.48. The van der Waals surface area contributed by atoms with E-state index in [1.54, 1.807) is 0 Å². The Balaban J connectivity index is 1.25. The zero-order valence-corrected chi connectivity index (χ0v) is 39.0. The number of nitrogens with zero attached hydrogens (tertiary/aromatic N) is 4. The highest BCUT2D eigenvalue weighted by Crippen LogP contribution is 2.40. The molecular weight excluding hydrogens is 753 g/mol. The number of benzene rings is 6. The number of hydrogen-bond donors (Lipinski definition) is 0. The second-order valence-electron chi connectivity index (χ2n) is 20.5. The molecule has 8 bridgehead atoms. The van der Waals surface area contributed by atoms with Crippen molar-refractivity contribution in [1.82, 2.24) is 0 Å². The Labute approximate surface area is 371 Å². The maximum atomic E-state index is 5.71. The van der Waals surface area contributed by atoms with Crippen LogP contribution in [0.15, 0.2) is 129 Å². The van der Waals surface area contributed by atoms with Crippen LogP contribution in [0.3, 0.4) is 0 Å². The van der Waals surface area contributed by atoms with Gasteiger partial charge in [-0.1, -0.05) is 154 Å². The molecule has 0 aromatic heterocycles. The predicted octanol–water partition coefficient (Wildman–Crippen LogP) is 16.8. The first-order valence-corrected chi connectivity index (χ1v) is 23.3. The highest BCUT2D eigenvalue weighted by atomic mass is 15.1. The molecule has 2 aliphatic rings. The van der Waals surface area contributed by atoms with Crippen LogP contribution in [0.25, 0.3) is 10.8 Å². The van der Waals surface area contributed by atoms with Gasteiger partial charge in [0, 0.05) is 16.5 Å². The van der Waals surface area contributed by atoms with Gasteiger partial charge in [0.15, 0.2) is 0 Å². The minimum Gasteiger partial charge on any atom is -0.246 e. The molecule has 0 fully saturated rings. The summed E-state index contributed by atoms with van der Waals surface area (Å²) in [5.74, 6) is 0.718. The zero-order valence-electron chi connectivity index (χ0n) is 39.0. The summed E-state index contributed by atoms with van der Waals surface area (Å²) in [7, 11) is 0. The van der Waals surface area contributed by atoms with E-state index >= 15 is 0 Å². The third-order valence-corrected chi connectivity index (χ3v) is 12.9. The molecule has 1 heterocycles. The fourth-order valence-corrected chi connectivity index (χ4v) is 9.44. The van der Waals surface area contributed by atoms with E-state index < -0.39 is 0 Å². The SMILES string of the molecule is CC(C)c1ccc2cc1N=Nc1cc(ccc1C(C)C)CCCCc1ccc(C(C)(C)C)c(c1)N=C1C(=Nc3cc(ccc3C(C)(C)C)CCCC2)c2cccc3cccc1c23. The third kappa shape index (κ3) is 9.31. The van der Waals surface area contributed by atoms with E-state index in [2.05, 4.69) is 178 Å². The van der Waals surface area contributed by atoms with E-state index in [0.717, 1.165) is 96.7 Å². The molecule has 318 valence electrons. The third-order valence-electron chi connectivity index (χ3n) is 12.9. The normalized spacial score (nSPS) is 15.2. The molecule has 0 saturated carbocycles. The van der Waals surface area contributed by atoms with Gasteiger partial charge in [-0.2, -0.15) is 10.2 Å².